The molecule has 88 valence electrons. The number of aromatic nitrogens is 1. The number of fused-ring (bicyclic) bond motifs is 1. The van der Waals surface area contributed by atoms with Crippen LogP contribution in [0.4, 0.5) is 5.69 Å². The molecular formula is C12H14N4S. The molecule has 1 aromatic heterocycles. The van der Waals surface area contributed by atoms with E-state index >= 15 is 0 Å². The minimum Gasteiger partial charge on any atom is -0.357 e. The Balaban J connectivity index is 1.99. The first-order chi connectivity index (χ1) is 8.38. The van der Waals surface area contributed by atoms with Gasteiger partial charge in [-0.1, -0.05) is 12.7 Å². The number of thiazole rings is 1. The summed E-state index contributed by atoms with van der Waals surface area (Å²) in [6.45, 7) is 5.85. The first kappa shape index (κ1) is 10.7. The van der Waals surface area contributed by atoms with E-state index < -0.39 is 0 Å². The molecule has 0 unspecified atom stereocenters. The van der Waals surface area contributed by atoms with E-state index in [0.29, 0.717) is 0 Å². The fraction of sp³-hybridized carbons (Fsp3) is 0.250. The fourth-order valence-electron chi connectivity index (χ4n) is 2.05. The largest absolute Gasteiger partial charge is 0.357 e. The van der Waals surface area contributed by atoms with Crippen LogP contribution in [0, 0.1) is 0 Å². The predicted molar refractivity (Wildman–Crippen MR) is 73.1 cm³/mol. The lowest BCUT2D eigenvalue weighted by molar-refractivity contribution is 0.620. The Labute approximate surface area is 104 Å². The molecule has 1 saturated heterocycles. The zero-order valence-corrected chi connectivity index (χ0v) is 10.2. The number of benzene rings is 1. The molecule has 17 heavy (non-hydrogen) atoms. The Kier molecular flexibility index (Phi) is 2.80. The number of nitrogens with zero attached hydrogens (tertiary/aromatic N) is 1. The van der Waals surface area contributed by atoms with E-state index in [0.717, 1.165) is 29.9 Å². The average Bonchev–Trinajstić information content (AvgIpc) is 2.98. The maximum absolute atomic E-state index is 4.39. The molecule has 1 aromatic carbocycles. The lowest BCUT2D eigenvalue weighted by atomic mass is 10.1. The van der Waals surface area contributed by atoms with Crippen LogP contribution in [0.1, 0.15) is 5.56 Å². The molecule has 3 N–H and O–H groups in total. The van der Waals surface area contributed by atoms with Gasteiger partial charge in [-0.3, -0.25) is 10.6 Å². The number of nitrogens with one attached hydrogen (secondary N) is 3. The van der Waals surface area contributed by atoms with E-state index in [4.69, 9.17) is 0 Å². The second-order valence-corrected chi connectivity index (χ2v) is 4.80. The predicted octanol–water partition coefficient (Wildman–Crippen LogP) is 1.83. The molecule has 0 spiro atoms. The van der Waals surface area contributed by atoms with E-state index in [2.05, 4.69) is 39.6 Å². The van der Waals surface area contributed by atoms with Crippen LogP contribution in [0.15, 0.2) is 24.2 Å². The van der Waals surface area contributed by atoms with Gasteiger partial charge in [0.2, 0.25) is 0 Å². The van der Waals surface area contributed by atoms with E-state index in [1.807, 2.05) is 11.6 Å². The van der Waals surface area contributed by atoms with Crippen molar-refractivity contribution in [3.05, 3.63) is 29.8 Å². The molecule has 3 rings (SSSR count). The zero-order chi connectivity index (χ0) is 11.7. The number of hydrogen-bond acceptors (Lipinski definition) is 5. The number of rotatable bonds is 3. The molecule has 2 heterocycles. The molecule has 0 radical (unpaired) electrons. The average molecular weight is 246 g/mol. The summed E-state index contributed by atoms with van der Waals surface area (Å²) >= 11 is 1.65. The Morgan fingerprint density at radius 2 is 2.24 bits per heavy atom. The molecule has 0 amide bonds. The Morgan fingerprint density at radius 3 is 3.00 bits per heavy atom. The van der Waals surface area contributed by atoms with Crippen LogP contribution in [0.3, 0.4) is 0 Å². The van der Waals surface area contributed by atoms with Crippen LogP contribution in [0.2, 0.25) is 0 Å². The Morgan fingerprint density at radius 1 is 1.41 bits per heavy atom. The van der Waals surface area contributed by atoms with Gasteiger partial charge in [-0.25, -0.2) is 4.98 Å². The highest BCUT2D eigenvalue weighted by atomic mass is 32.1. The van der Waals surface area contributed by atoms with E-state index in [1.54, 1.807) is 11.3 Å². The standard InChI is InChI=1S/C12H14N4S/c1-2-8-9(16-12-13-5-6-14-12)3-4-10-11(8)15-7-17-10/h2-4,7,12-14,16H,1,5-6H2. The van der Waals surface area contributed by atoms with Crippen LogP contribution in [-0.2, 0) is 0 Å². The summed E-state index contributed by atoms with van der Waals surface area (Å²) in [4.78, 5) is 4.39. The summed E-state index contributed by atoms with van der Waals surface area (Å²) in [5, 5.41) is 10.1. The second-order valence-electron chi connectivity index (χ2n) is 3.92. The third-order valence-electron chi connectivity index (χ3n) is 2.87. The van der Waals surface area contributed by atoms with Gasteiger partial charge in [-0.05, 0) is 12.1 Å². The van der Waals surface area contributed by atoms with Crippen molar-refractivity contribution in [2.75, 3.05) is 18.4 Å². The summed E-state index contributed by atoms with van der Waals surface area (Å²) in [5.74, 6) is 0. The minimum atomic E-state index is 0.129. The molecule has 1 aliphatic heterocycles. The van der Waals surface area contributed by atoms with Gasteiger partial charge in [0.05, 0.1) is 15.7 Å². The van der Waals surface area contributed by atoms with Gasteiger partial charge in [0.25, 0.3) is 0 Å². The van der Waals surface area contributed by atoms with Crippen LogP contribution < -0.4 is 16.0 Å². The van der Waals surface area contributed by atoms with Gasteiger partial charge in [-0.2, -0.15) is 0 Å². The van der Waals surface area contributed by atoms with Crippen LogP contribution in [0.5, 0.6) is 0 Å². The van der Waals surface area contributed by atoms with Crippen molar-refractivity contribution in [3.8, 4) is 0 Å². The number of anilines is 1. The Hall–Kier alpha value is -1.43. The molecule has 5 heteroatoms. The summed E-state index contributed by atoms with van der Waals surface area (Å²) in [5.41, 5.74) is 5.02. The Bertz CT molecular complexity index is 542. The SMILES string of the molecule is C=Cc1c(NC2NCCN2)ccc2scnc12. The van der Waals surface area contributed by atoms with Crippen LogP contribution in [-0.4, -0.2) is 24.4 Å². The lowest BCUT2D eigenvalue weighted by Crippen LogP contribution is -2.38. The zero-order valence-electron chi connectivity index (χ0n) is 9.36. The first-order valence-electron chi connectivity index (χ1n) is 5.60. The number of hydrogen-bond donors (Lipinski definition) is 3. The summed E-state index contributed by atoms with van der Waals surface area (Å²) in [6, 6.07) is 4.18. The van der Waals surface area contributed by atoms with Crippen molar-refractivity contribution >= 4 is 33.3 Å². The van der Waals surface area contributed by atoms with Gasteiger partial charge >= 0.3 is 0 Å². The highest BCUT2D eigenvalue weighted by Crippen LogP contribution is 2.28. The second kappa shape index (κ2) is 4.44. The van der Waals surface area contributed by atoms with Gasteiger partial charge in [0.15, 0.2) is 0 Å². The van der Waals surface area contributed by atoms with Crippen LogP contribution >= 0.6 is 11.3 Å². The van der Waals surface area contributed by atoms with Crippen molar-refractivity contribution in [1.29, 1.82) is 0 Å². The summed E-state index contributed by atoms with van der Waals surface area (Å²) in [6.07, 6.45) is 1.99. The maximum Gasteiger partial charge on any atom is 0.132 e. The topological polar surface area (TPSA) is 49.0 Å². The fourth-order valence-corrected chi connectivity index (χ4v) is 2.74. The molecule has 2 aromatic rings. The van der Waals surface area contributed by atoms with Crippen molar-refractivity contribution in [3.63, 3.8) is 0 Å². The molecule has 0 aliphatic carbocycles. The first-order valence-corrected chi connectivity index (χ1v) is 6.48. The summed E-state index contributed by atoms with van der Waals surface area (Å²) < 4.78 is 1.19. The molecule has 0 atom stereocenters. The minimum absolute atomic E-state index is 0.129. The molecule has 0 saturated carbocycles. The van der Waals surface area contributed by atoms with E-state index in [9.17, 15) is 0 Å². The van der Waals surface area contributed by atoms with Crippen molar-refractivity contribution in [2.24, 2.45) is 0 Å². The van der Waals surface area contributed by atoms with Gasteiger partial charge in [0, 0.05) is 24.3 Å². The molecule has 4 nitrogen and oxygen atoms in total. The molecule has 1 fully saturated rings. The highest BCUT2D eigenvalue weighted by molar-refractivity contribution is 7.16. The maximum atomic E-state index is 4.39. The van der Waals surface area contributed by atoms with Crippen LogP contribution in [0.25, 0.3) is 16.3 Å². The van der Waals surface area contributed by atoms with Gasteiger partial charge in [-0.15, -0.1) is 11.3 Å². The molecular weight excluding hydrogens is 232 g/mol. The van der Waals surface area contributed by atoms with E-state index in [-0.39, 0.29) is 6.29 Å². The lowest BCUT2D eigenvalue weighted by Gasteiger charge is -2.16. The van der Waals surface area contributed by atoms with Crippen molar-refractivity contribution in [2.45, 2.75) is 6.29 Å². The molecule has 0 bridgehead atoms. The normalized spacial score (nSPS) is 16.5. The van der Waals surface area contributed by atoms with Crippen molar-refractivity contribution in [1.82, 2.24) is 15.6 Å². The molecule has 1 aliphatic rings. The smallest absolute Gasteiger partial charge is 0.132 e. The summed E-state index contributed by atoms with van der Waals surface area (Å²) in [7, 11) is 0. The monoisotopic (exact) mass is 246 g/mol. The highest BCUT2D eigenvalue weighted by Gasteiger charge is 2.14. The third-order valence-corrected chi connectivity index (χ3v) is 3.66. The van der Waals surface area contributed by atoms with Crippen molar-refractivity contribution < 1.29 is 0 Å². The van der Waals surface area contributed by atoms with Gasteiger partial charge in [0.1, 0.15) is 6.29 Å². The van der Waals surface area contributed by atoms with E-state index in [1.165, 1.54) is 4.70 Å². The quantitative estimate of drug-likeness (QED) is 0.773. The third kappa shape index (κ3) is 1.93. The van der Waals surface area contributed by atoms with Gasteiger partial charge < -0.3 is 5.32 Å².